The summed E-state index contributed by atoms with van der Waals surface area (Å²) in [5.74, 6) is 1.96. The van der Waals surface area contributed by atoms with Crippen molar-refractivity contribution in [1.29, 1.82) is 0 Å². The number of hydrogen-bond acceptors (Lipinski definition) is 2. The monoisotopic (exact) mass is 398 g/mol. The number of aliphatic imine (C=N–C) groups is 1. The highest BCUT2D eigenvalue weighted by atomic mass is 127. The van der Waals surface area contributed by atoms with Crippen LogP contribution < -0.4 is 11.1 Å². The van der Waals surface area contributed by atoms with Crippen molar-refractivity contribution in [3.05, 3.63) is 0 Å². The van der Waals surface area contributed by atoms with E-state index in [4.69, 9.17) is 5.73 Å². The molecule has 1 unspecified atom stereocenters. The summed E-state index contributed by atoms with van der Waals surface area (Å²) in [4.78, 5) is 6.77. The quantitative estimate of drug-likeness (QED) is 0.357. The summed E-state index contributed by atoms with van der Waals surface area (Å²) >= 11 is 0. The third-order valence-corrected chi connectivity index (χ3v) is 3.73. The van der Waals surface area contributed by atoms with E-state index in [-0.39, 0.29) is 24.0 Å². The SMILES string of the molecule is CCC(CC)C(CN=C(N)NCCC(C)C)N(C)C.I. The molecule has 0 aromatic heterocycles. The van der Waals surface area contributed by atoms with Crippen LogP contribution in [0.2, 0.25) is 0 Å². The molecule has 0 saturated carbocycles. The summed E-state index contributed by atoms with van der Waals surface area (Å²) in [6.07, 6.45) is 3.50. The lowest BCUT2D eigenvalue weighted by atomic mass is 9.93. The Balaban J connectivity index is 0. The fourth-order valence-corrected chi connectivity index (χ4v) is 2.30. The molecule has 3 N–H and O–H groups in total. The molecule has 0 aliphatic rings. The lowest BCUT2D eigenvalue weighted by Crippen LogP contribution is -2.40. The lowest BCUT2D eigenvalue weighted by molar-refractivity contribution is 0.206. The predicted octanol–water partition coefficient (Wildman–Crippen LogP) is 2.92. The van der Waals surface area contributed by atoms with E-state index in [2.05, 4.69) is 57.0 Å². The molecule has 0 aromatic rings. The number of likely N-dealkylation sites (N-methyl/N-ethyl adjacent to an activating group) is 1. The number of nitrogens with one attached hydrogen (secondary N) is 1. The number of rotatable bonds is 9. The van der Waals surface area contributed by atoms with E-state index in [0.29, 0.717) is 23.8 Å². The fourth-order valence-electron chi connectivity index (χ4n) is 2.30. The molecule has 1 atom stereocenters. The fraction of sp³-hybridized carbons (Fsp3) is 0.933. The summed E-state index contributed by atoms with van der Waals surface area (Å²) in [5, 5.41) is 3.19. The molecule has 0 rings (SSSR count). The van der Waals surface area contributed by atoms with E-state index in [9.17, 15) is 0 Å². The normalized spacial score (nSPS) is 13.8. The zero-order chi connectivity index (χ0) is 14.8. The molecule has 0 aromatic carbocycles. The number of hydrogen-bond donors (Lipinski definition) is 2. The molecule has 0 aliphatic carbocycles. The summed E-state index contributed by atoms with van der Waals surface area (Å²) in [6.45, 7) is 10.6. The molecule has 0 saturated heterocycles. The van der Waals surface area contributed by atoms with E-state index in [1.807, 2.05) is 0 Å². The standard InChI is InChI=1S/C15H34N4.HI/c1-7-13(8-2)14(19(5)6)11-18-15(16)17-10-9-12(3)4;/h12-14H,7-11H2,1-6H3,(H3,16,17,18);1H. The molecule has 5 heteroatoms. The summed E-state index contributed by atoms with van der Waals surface area (Å²) in [6, 6.07) is 0.473. The maximum atomic E-state index is 5.91. The van der Waals surface area contributed by atoms with Gasteiger partial charge < -0.3 is 16.0 Å². The minimum atomic E-state index is 0. The van der Waals surface area contributed by atoms with Crippen molar-refractivity contribution in [2.75, 3.05) is 27.2 Å². The number of guanidine groups is 1. The molecule has 0 fully saturated rings. The first-order chi connectivity index (χ1) is 8.92. The highest BCUT2D eigenvalue weighted by Crippen LogP contribution is 2.17. The molecule has 0 aliphatic heterocycles. The first kappa shape index (κ1) is 22.2. The maximum Gasteiger partial charge on any atom is 0.188 e. The van der Waals surface area contributed by atoms with Crippen LogP contribution in [0.5, 0.6) is 0 Å². The summed E-state index contributed by atoms with van der Waals surface area (Å²) in [5.41, 5.74) is 5.91. The van der Waals surface area contributed by atoms with Crippen molar-refractivity contribution in [2.24, 2.45) is 22.6 Å². The van der Waals surface area contributed by atoms with E-state index in [1.165, 1.54) is 12.8 Å². The van der Waals surface area contributed by atoms with Gasteiger partial charge in [0.25, 0.3) is 0 Å². The van der Waals surface area contributed by atoms with Gasteiger partial charge in [0.15, 0.2) is 5.96 Å². The lowest BCUT2D eigenvalue weighted by Gasteiger charge is -2.30. The Labute approximate surface area is 143 Å². The van der Waals surface area contributed by atoms with Gasteiger partial charge in [-0.3, -0.25) is 4.99 Å². The van der Waals surface area contributed by atoms with Crippen LogP contribution in [0.25, 0.3) is 0 Å². The summed E-state index contributed by atoms with van der Waals surface area (Å²) < 4.78 is 0. The minimum Gasteiger partial charge on any atom is -0.370 e. The average molecular weight is 398 g/mol. The largest absolute Gasteiger partial charge is 0.370 e. The Kier molecular flexibility index (Phi) is 14.1. The highest BCUT2D eigenvalue weighted by Gasteiger charge is 2.20. The smallest absolute Gasteiger partial charge is 0.188 e. The van der Waals surface area contributed by atoms with Gasteiger partial charge in [-0.05, 0) is 32.4 Å². The molecule has 0 spiro atoms. The second-order valence-corrected chi connectivity index (χ2v) is 5.94. The van der Waals surface area contributed by atoms with Gasteiger partial charge in [0.2, 0.25) is 0 Å². The zero-order valence-corrected chi connectivity index (χ0v) is 16.5. The van der Waals surface area contributed by atoms with Gasteiger partial charge in [0, 0.05) is 12.6 Å². The average Bonchev–Trinajstić information content (AvgIpc) is 2.33. The maximum absolute atomic E-state index is 5.91. The van der Waals surface area contributed by atoms with E-state index in [0.717, 1.165) is 19.5 Å². The first-order valence-corrected chi connectivity index (χ1v) is 7.62. The van der Waals surface area contributed by atoms with Crippen LogP contribution in [-0.2, 0) is 0 Å². The third kappa shape index (κ3) is 9.80. The van der Waals surface area contributed by atoms with Gasteiger partial charge in [-0.15, -0.1) is 24.0 Å². The van der Waals surface area contributed by atoms with Gasteiger partial charge in [0.1, 0.15) is 0 Å². The van der Waals surface area contributed by atoms with Crippen molar-refractivity contribution in [3.63, 3.8) is 0 Å². The van der Waals surface area contributed by atoms with E-state index >= 15 is 0 Å². The Bertz CT molecular complexity index is 250. The van der Waals surface area contributed by atoms with Crippen molar-refractivity contribution < 1.29 is 0 Å². The molecule has 20 heavy (non-hydrogen) atoms. The molecule has 0 bridgehead atoms. The van der Waals surface area contributed by atoms with Gasteiger partial charge in [-0.25, -0.2) is 0 Å². The van der Waals surface area contributed by atoms with E-state index in [1.54, 1.807) is 0 Å². The van der Waals surface area contributed by atoms with Gasteiger partial charge in [0.05, 0.1) is 6.54 Å². The number of halogens is 1. The van der Waals surface area contributed by atoms with Gasteiger partial charge >= 0.3 is 0 Å². The topological polar surface area (TPSA) is 53.6 Å². The van der Waals surface area contributed by atoms with Crippen LogP contribution in [-0.4, -0.2) is 44.1 Å². The molecule has 0 amide bonds. The Morgan fingerprint density at radius 3 is 2.15 bits per heavy atom. The Morgan fingerprint density at radius 2 is 1.75 bits per heavy atom. The van der Waals surface area contributed by atoms with Crippen LogP contribution in [0, 0.1) is 11.8 Å². The van der Waals surface area contributed by atoms with Gasteiger partial charge in [-0.1, -0.05) is 40.5 Å². The van der Waals surface area contributed by atoms with Crippen LogP contribution in [0.1, 0.15) is 47.0 Å². The minimum absolute atomic E-state index is 0. The van der Waals surface area contributed by atoms with Crippen molar-refractivity contribution >= 4 is 29.9 Å². The van der Waals surface area contributed by atoms with Crippen molar-refractivity contribution in [1.82, 2.24) is 10.2 Å². The molecule has 0 heterocycles. The Hall–Kier alpha value is -0.0400. The van der Waals surface area contributed by atoms with Crippen molar-refractivity contribution in [2.45, 2.75) is 53.0 Å². The second kappa shape index (κ2) is 12.7. The first-order valence-electron chi connectivity index (χ1n) is 7.62. The predicted molar refractivity (Wildman–Crippen MR) is 101 cm³/mol. The molecule has 122 valence electrons. The Morgan fingerprint density at radius 1 is 1.20 bits per heavy atom. The number of nitrogens with zero attached hydrogens (tertiary/aromatic N) is 2. The molecule has 4 nitrogen and oxygen atoms in total. The summed E-state index contributed by atoms with van der Waals surface area (Å²) in [7, 11) is 4.25. The van der Waals surface area contributed by atoms with Gasteiger partial charge in [-0.2, -0.15) is 0 Å². The van der Waals surface area contributed by atoms with Crippen LogP contribution in [0.3, 0.4) is 0 Å². The highest BCUT2D eigenvalue weighted by molar-refractivity contribution is 14.0. The molecular weight excluding hydrogens is 363 g/mol. The third-order valence-electron chi connectivity index (χ3n) is 3.73. The number of nitrogens with two attached hydrogens (primary N) is 1. The molecular formula is C15H35IN4. The second-order valence-electron chi connectivity index (χ2n) is 5.94. The van der Waals surface area contributed by atoms with Crippen molar-refractivity contribution in [3.8, 4) is 0 Å². The van der Waals surface area contributed by atoms with E-state index < -0.39 is 0 Å². The van der Waals surface area contributed by atoms with Crippen LogP contribution in [0.4, 0.5) is 0 Å². The molecule has 0 radical (unpaired) electrons. The zero-order valence-electron chi connectivity index (χ0n) is 14.1. The van der Waals surface area contributed by atoms with Crippen LogP contribution >= 0.6 is 24.0 Å². The van der Waals surface area contributed by atoms with Crippen LogP contribution in [0.15, 0.2) is 4.99 Å².